The van der Waals surface area contributed by atoms with Gasteiger partial charge in [-0.2, -0.15) is 0 Å². The Balaban J connectivity index is 0.477. The summed E-state index contributed by atoms with van der Waals surface area (Å²) in [7, 11) is 0. The first-order valence-electron chi connectivity index (χ1n) is 45.5. The second kappa shape index (κ2) is 30.8. The van der Waals surface area contributed by atoms with Crippen molar-refractivity contribution < 1.29 is 0 Å². The van der Waals surface area contributed by atoms with Crippen molar-refractivity contribution in [1.82, 2.24) is 0 Å². The highest BCUT2D eigenvalue weighted by Gasteiger charge is 2.38. The van der Waals surface area contributed by atoms with E-state index in [1.807, 2.05) is 45.3 Å². The first kappa shape index (κ1) is 78.0. The summed E-state index contributed by atoms with van der Waals surface area (Å²) in [6.07, 6.45) is 0. The molecule has 0 N–H and O–H groups in total. The summed E-state index contributed by atoms with van der Waals surface area (Å²) in [5.41, 5.74) is 38.5. The lowest BCUT2D eigenvalue weighted by atomic mass is 9.81. The fourth-order valence-electron chi connectivity index (χ4n) is 21.4. The minimum absolute atomic E-state index is 0.148. The number of anilines is 6. The van der Waals surface area contributed by atoms with Gasteiger partial charge in [-0.15, -0.1) is 45.3 Å². The number of hydrogen-bond acceptors (Lipinski definition) is 6. The molecule has 0 saturated carbocycles. The van der Waals surface area contributed by atoms with E-state index in [9.17, 15) is 0 Å². The van der Waals surface area contributed by atoms with E-state index in [0.29, 0.717) is 0 Å². The molecule has 4 heterocycles. The van der Waals surface area contributed by atoms with Crippen LogP contribution in [0.3, 0.4) is 0 Å². The number of benzene rings is 20. The average molecular weight is 1750 g/mol. The molecule has 24 aromatic rings. The minimum atomic E-state index is -0.299. The maximum absolute atomic E-state index is 2.48. The summed E-state index contributed by atoms with van der Waals surface area (Å²) in [5.74, 6) is 0. The van der Waals surface area contributed by atoms with Crippen LogP contribution >= 0.6 is 45.3 Å². The second-order valence-electron chi connectivity index (χ2n) is 36.6. The molecule has 2 nitrogen and oxygen atoms in total. The molecule has 0 bridgehead atoms. The highest BCUT2D eigenvalue weighted by molar-refractivity contribution is 7.27. The summed E-state index contributed by atoms with van der Waals surface area (Å²) in [6.45, 7) is 9.57. The van der Waals surface area contributed by atoms with Crippen LogP contribution in [0.15, 0.2) is 437 Å². The summed E-state index contributed by atoms with van der Waals surface area (Å²) in [4.78, 5) is 4.87. The standard InChI is InChI=1S/C126H84N2S4/c1-125(2)113-23-9-5-15-101(113)103-66-63-97(75-115(103)125)127(93-59-47-83(48-60-93)79-35-39-87(40-36-79)99-19-13-21-108-105-16-6-12-26-119(105)131-123(99)108)94-61-49-84(50-62-94)80-37-41-88(42-38-80)100-20-14-22-109-112-73-91(54-70-122(112)132-124(100)109)92-51-65-102-104-67-64-98(76-116(104)126(3,4)114(102)74-92)128(95-55-43-81(44-56-95)77-27-31-85(32-28-77)89-52-68-120-110(71-89)106-17-7-10-24-117(106)129-120)96-57-45-82(46-58-96)78-29-33-86(34-30-78)90-53-69-121-111(72-90)107-18-8-11-25-118(107)130-121/h5-76H,1-4H3. The number of hydrogen-bond donors (Lipinski definition) is 0. The van der Waals surface area contributed by atoms with E-state index >= 15 is 0 Å². The SMILES string of the molecule is CC1(C)c2ccccc2-c2ccc(N(c3ccc(-c4ccc(-c5cccc6c5sc5ccccc56)cc4)cc3)c3ccc(-c4ccc(-c5cccc6c5sc5ccc(-c7ccc8c(c7)C(C)(C)c7cc(N(c9ccc(-c%10ccc(-c%11ccc%12sc%13ccccc%13c%12c%11)cc%10)cc9)c9ccc(-c%10ccc(-c%11ccc%12sc%13ccccc%13c%12c%11)cc%10)cc9)ccc7-8)cc56)cc4)cc3)cc21. The number of thiophene rings is 4. The second-order valence-corrected chi connectivity index (χ2v) is 40.8. The molecule has 0 aliphatic heterocycles. The van der Waals surface area contributed by atoms with Gasteiger partial charge < -0.3 is 9.80 Å². The number of nitrogens with zero attached hydrogens (tertiary/aromatic N) is 2. The predicted molar refractivity (Wildman–Crippen MR) is 571 cm³/mol. The zero-order chi connectivity index (χ0) is 87.6. The topological polar surface area (TPSA) is 6.48 Å². The van der Waals surface area contributed by atoms with Crippen molar-refractivity contribution in [2.75, 3.05) is 9.80 Å². The van der Waals surface area contributed by atoms with Gasteiger partial charge in [0.15, 0.2) is 0 Å². The summed E-state index contributed by atoms with van der Waals surface area (Å²) < 4.78 is 10.5. The van der Waals surface area contributed by atoms with Crippen LogP contribution in [0.4, 0.5) is 34.1 Å². The molecule has 132 heavy (non-hydrogen) atoms. The van der Waals surface area contributed by atoms with Crippen LogP contribution in [-0.4, -0.2) is 0 Å². The van der Waals surface area contributed by atoms with Gasteiger partial charge in [-0.05, 0) is 278 Å². The Kier molecular flexibility index (Phi) is 18.2. The van der Waals surface area contributed by atoms with E-state index in [0.717, 1.165) is 34.1 Å². The normalized spacial score (nSPS) is 13.0. The van der Waals surface area contributed by atoms with Crippen LogP contribution in [0.1, 0.15) is 49.9 Å². The zero-order valence-electron chi connectivity index (χ0n) is 73.1. The van der Waals surface area contributed by atoms with Crippen LogP contribution in [0.25, 0.3) is 203 Å². The largest absolute Gasteiger partial charge is 0.310 e. The smallest absolute Gasteiger partial charge is 0.0465 e. The van der Waals surface area contributed by atoms with Crippen molar-refractivity contribution in [1.29, 1.82) is 0 Å². The van der Waals surface area contributed by atoms with Crippen molar-refractivity contribution in [2.24, 2.45) is 0 Å². The molecule has 0 unspecified atom stereocenters. The molecule has 26 rings (SSSR count). The molecule has 6 heteroatoms. The molecule has 2 aliphatic carbocycles. The van der Waals surface area contributed by atoms with Crippen LogP contribution < -0.4 is 9.80 Å². The maximum Gasteiger partial charge on any atom is 0.0465 e. The van der Waals surface area contributed by atoms with Crippen LogP contribution in [-0.2, 0) is 10.8 Å². The molecule has 0 saturated heterocycles. The molecule has 0 amide bonds. The minimum Gasteiger partial charge on any atom is -0.310 e. The van der Waals surface area contributed by atoms with Crippen molar-refractivity contribution in [3.63, 3.8) is 0 Å². The van der Waals surface area contributed by atoms with Crippen LogP contribution in [0.5, 0.6) is 0 Å². The van der Waals surface area contributed by atoms with Gasteiger partial charge in [-0.3, -0.25) is 0 Å². The van der Waals surface area contributed by atoms with E-state index in [-0.39, 0.29) is 10.8 Å². The monoisotopic (exact) mass is 1750 g/mol. The van der Waals surface area contributed by atoms with Gasteiger partial charge in [0, 0.05) is 126 Å². The number of fused-ring (bicyclic) bond motifs is 18. The molecule has 20 aromatic carbocycles. The summed E-state index contributed by atoms with van der Waals surface area (Å²) in [6, 6.07) is 164. The lowest BCUT2D eigenvalue weighted by Crippen LogP contribution is -2.16. The van der Waals surface area contributed by atoms with Gasteiger partial charge in [-0.1, -0.05) is 331 Å². The molecule has 0 radical (unpaired) electrons. The van der Waals surface area contributed by atoms with Crippen molar-refractivity contribution in [3.05, 3.63) is 459 Å². The maximum atomic E-state index is 2.48. The number of rotatable bonds is 15. The lowest BCUT2D eigenvalue weighted by molar-refractivity contribution is 0.660. The fraction of sp³-hybridized carbons (Fsp3) is 0.0476. The van der Waals surface area contributed by atoms with Gasteiger partial charge in [0.1, 0.15) is 0 Å². The van der Waals surface area contributed by atoms with E-state index in [1.54, 1.807) is 0 Å². The lowest BCUT2D eigenvalue weighted by Gasteiger charge is -2.28. The van der Waals surface area contributed by atoms with E-state index in [1.165, 1.54) is 225 Å². The quantitative estimate of drug-likeness (QED) is 0.101. The van der Waals surface area contributed by atoms with Gasteiger partial charge in [0.2, 0.25) is 0 Å². The predicted octanol–water partition coefficient (Wildman–Crippen LogP) is 37.7. The van der Waals surface area contributed by atoms with Crippen LogP contribution in [0.2, 0.25) is 0 Å². The van der Waals surface area contributed by atoms with Crippen LogP contribution in [0, 0.1) is 0 Å². The van der Waals surface area contributed by atoms with Gasteiger partial charge in [0.05, 0.1) is 0 Å². The summed E-state index contributed by atoms with van der Waals surface area (Å²) >= 11 is 7.50. The molecule has 622 valence electrons. The molecule has 0 fully saturated rings. The molecule has 2 aliphatic rings. The molecular formula is C126H84N2S4. The Bertz CT molecular complexity index is 8570. The Morgan fingerprint density at radius 1 is 0.152 bits per heavy atom. The van der Waals surface area contributed by atoms with Crippen molar-refractivity contribution in [2.45, 2.75) is 38.5 Å². The first-order chi connectivity index (χ1) is 64.8. The van der Waals surface area contributed by atoms with Crippen molar-refractivity contribution in [3.8, 4) is 122 Å². The Hall–Kier alpha value is -15.1. The molecular weight excluding hydrogens is 1670 g/mol. The van der Waals surface area contributed by atoms with E-state index in [4.69, 9.17) is 0 Å². The molecule has 0 spiro atoms. The summed E-state index contributed by atoms with van der Waals surface area (Å²) in [5, 5.41) is 10.5. The Morgan fingerprint density at radius 2 is 0.386 bits per heavy atom. The Labute approximate surface area is 783 Å². The third-order valence-electron chi connectivity index (χ3n) is 28.4. The van der Waals surface area contributed by atoms with E-state index in [2.05, 4.69) is 474 Å². The van der Waals surface area contributed by atoms with Gasteiger partial charge in [0.25, 0.3) is 0 Å². The third-order valence-corrected chi connectivity index (χ3v) is 33.1. The first-order valence-corrected chi connectivity index (χ1v) is 48.8. The Morgan fingerprint density at radius 3 is 0.795 bits per heavy atom. The van der Waals surface area contributed by atoms with Gasteiger partial charge in [-0.25, -0.2) is 0 Å². The van der Waals surface area contributed by atoms with Crippen molar-refractivity contribution >= 4 is 160 Å². The van der Waals surface area contributed by atoms with E-state index < -0.39 is 0 Å². The average Bonchev–Trinajstić information content (AvgIpc) is 1.57. The highest BCUT2D eigenvalue weighted by Crippen LogP contribution is 2.56. The zero-order valence-corrected chi connectivity index (χ0v) is 76.4. The molecule has 0 atom stereocenters. The van der Waals surface area contributed by atoms with Gasteiger partial charge >= 0.3 is 0 Å². The third kappa shape index (κ3) is 13.0. The fourth-order valence-corrected chi connectivity index (χ4v) is 26.0. The molecule has 4 aromatic heterocycles. The highest BCUT2D eigenvalue weighted by atomic mass is 32.1.